The number of aryl methyl sites for hydroxylation is 1. The number of fused-ring (bicyclic) bond motifs is 1. The van der Waals surface area contributed by atoms with E-state index in [1.54, 1.807) is 31.3 Å². The van der Waals surface area contributed by atoms with E-state index in [0.717, 1.165) is 0 Å². The van der Waals surface area contributed by atoms with Crippen LogP contribution in [0.25, 0.3) is 11.0 Å². The molecule has 0 saturated carbocycles. The number of hydrogen-bond donors (Lipinski definition) is 0. The van der Waals surface area contributed by atoms with Crippen molar-refractivity contribution in [3.63, 3.8) is 0 Å². The number of halogens is 1. The van der Waals surface area contributed by atoms with Crippen LogP contribution in [0.3, 0.4) is 0 Å². The zero-order valence-corrected chi connectivity index (χ0v) is 12.9. The Balaban J connectivity index is 2.09. The van der Waals surface area contributed by atoms with Gasteiger partial charge in [-0.1, -0.05) is 41.9 Å². The summed E-state index contributed by atoms with van der Waals surface area (Å²) in [6.07, 6.45) is 1.27. The molecule has 0 N–H and O–H groups in total. The first-order valence-electron chi connectivity index (χ1n) is 6.76. The van der Waals surface area contributed by atoms with Gasteiger partial charge in [0.2, 0.25) is 0 Å². The van der Waals surface area contributed by atoms with Crippen LogP contribution in [0, 0.1) is 11.3 Å². The number of rotatable bonds is 3. The molecule has 0 saturated heterocycles. The van der Waals surface area contributed by atoms with Crippen molar-refractivity contribution < 1.29 is 4.79 Å². The average molecular weight is 327 g/mol. The summed E-state index contributed by atoms with van der Waals surface area (Å²) in [4.78, 5) is 28.9. The predicted octanol–water partition coefficient (Wildman–Crippen LogP) is 2.14. The van der Waals surface area contributed by atoms with Crippen molar-refractivity contribution in [2.75, 3.05) is 0 Å². The van der Waals surface area contributed by atoms with E-state index in [0.29, 0.717) is 5.56 Å². The summed E-state index contributed by atoms with van der Waals surface area (Å²) in [6.45, 7) is -0.128. The summed E-state index contributed by atoms with van der Waals surface area (Å²) < 4.78 is 2.63. The largest absolute Gasteiger partial charge is 0.328 e. The van der Waals surface area contributed by atoms with Crippen LogP contribution in [0.2, 0.25) is 5.15 Å². The first kappa shape index (κ1) is 15.0. The molecule has 7 heteroatoms. The highest BCUT2D eigenvalue weighted by Gasteiger charge is 2.19. The second-order valence-electron chi connectivity index (χ2n) is 5.00. The fourth-order valence-electron chi connectivity index (χ4n) is 2.41. The van der Waals surface area contributed by atoms with Gasteiger partial charge in [-0.05, 0) is 0 Å². The van der Waals surface area contributed by atoms with Crippen molar-refractivity contribution >= 4 is 28.4 Å². The van der Waals surface area contributed by atoms with Gasteiger partial charge in [-0.15, -0.1) is 0 Å². The van der Waals surface area contributed by atoms with Crippen molar-refractivity contribution in [3.05, 3.63) is 63.3 Å². The minimum Gasteiger partial charge on any atom is -0.328 e. The number of benzene rings is 1. The lowest BCUT2D eigenvalue weighted by Crippen LogP contribution is -2.25. The number of nitriles is 1. The van der Waals surface area contributed by atoms with Crippen molar-refractivity contribution in [3.8, 4) is 6.07 Å². The van der Waals surface area contributed by atoms with E-state index in [1.165, 1.54) is 15.5 Å². The molecule has 0 atom stereocenters. The van der Waals surface area contributed by atoms with Gasteiger partial charge in [0.1, 0.15) is 27.8 Å². The van der Waals surface area contributed by atoms with Gasteiger partial charge in [-0.3, -0.25) is 14.2 Å². The molecule has 2 aromatic heterocycles. The Morgan fingerprint density at radius 3 is 2.70 bits per heavy atom. The molecule has 0 unspecified atom stereocenters. The normalized spacial score (nSPS) is 10.7. The Labute approximate surface area is 136 Å². The first-order chi connectivity index (χ1) is 11.0. The van der Waals surface area contributed by atoms with E-state index in [1.807, 2.05) is 12.1 Å². The molecule has 0 radical (unpaired) electrons. The summed E-state index contributed by atoms with van der Waals surface area (Å²) >= 11 is 6.05. The van der Waals surface area contributed by atoms with E-state index in [-0.39, 0.29) is 34.1 Å². The highest BCUT2D eigenvalue weighted by Crippen LogP contribution is 2.24. The number of hydrogen-bond acceptors (Lipinski definition) is 4. The molecule has 114 valence electrons. The minimum absolute atomic E-state index is 0.128. The summed E-state index contributed by atoms with van der Waals surface area (Å²) in [7, 11) is 1.58. The van der Waals surface area contributed by atoms with Crippen LogP contribution in [0.4, 0.5) is 0 Å². The van der Waals surface area contributed by atoms with Gasteiger partial charge in [0.15, 0.2) is 5.78 Å². The third kappa shape index (κ3) is 2.41. The molecule has 0 spiro atoms. The van der Waals surface area contributed by atoms with E-state index < -0.39 is 5.56 Å². The number of Topliss-reactive ketones (excluding diaryl/α,β-unsaturated/α-hetero) is 1. The van der Waals surface area contributed by atoms with Gasteiger partial charge in [0.05, 0.1) is 12.9 Å². The Kier molecular flexibility index (Phi) is 3.72. The molecule has 0 aliphatic rings. The molecule has 23 heavy (non-hydrogen) atoms. The average Bonchev–Trinajstić information content (AvgIpc) is 2.82. The molecule has 1 aromatic carbocycles. The van der Waals surface area contributed by atoms with Crippen molar-refractivity contribution in [2.24, 2.45) is 7.05 Å². The summed E-state index contributed by atoms with van der Waals surface area (Å²) in [5.41, 5.74) is 0.707. The van der Waals surface area contributed by atoms with Gasteiger partial charge >= 0.3 is 0 Å². The highest BCUT2D eigenvalue weighted by molar-refractivity contribution is 6.32. The Morgan fingerprint density at radius 1 is 1.35 bits per heavy atom. The van der Waals surface area contributed by atoms with Crippen LogP contribution in [0.5, 0.6) is 0 Å². The van der Waals surface area contributed by atoms with Crippen LogP contribution in [0.1, 0.15) is 15.9 Å². The number of nitrogens with zero attached hydrogens (tertiary/aromatic N) is 4. The smallest absolute Gasteiger partial charge is 0.278 e. The fourth-order valence-corrected chi connectivity index (χ4v) is 2.63. The third-order valence-electron chi connectivity index (χ3n) is 3.61. The van der Waals surface area contributed by atoms with Crippen molar-refractivity contribution in [1.29, 1.82) is 5.26 Å². The lowest BCUT2D eigenvalue weighted by molar-refractivity contribution is 0.0970. The summed E-state index contributed by atoms with van der Waals surface area (Å²) in [5, 5.41) is 9.29. The lowest BCUT2D eigenvalue weighted by atomic mass is 10.1. The van der Waals surface area contributed by atoms with Gasteiger partial charge in [0, 0.05) is 12.6 Å². The van der Waals surface area contributed by atoms with E-state index in [9.17, 15) is 9.59 Å². The van der Waals surface area contributed by atoms with Gasteiger partial charge < -0.3 is 4.57 Å². The second-order valence-corrected chi connectivity index (χ2v) is 5.36. The number of ketones is 1. The van der Waals surface area contributed by atoms with Crippen LogP contribution >= 0.6 is 11.6 Å². The van der Waals surface area contributed by atoms with Crippen LogP contribution in [-0.2, 0) is 13.6 Å². The van der Waals surface area contributed by atoms with Crippen LogP contribution < -0.4 is 5.56 Å². The van der Waals surface area contributed by atoms with Gasteiger partial charge in [-0.25, -0.2) is 4.98 Å². The summed E-state index contributed by atoms with van der Waals surface area (Å²) in [6, 6.07) is 10.6. The summed E-state index contributed by atoms with van der Waals surface area (Å²) in [5.74, 6) is -0.199. The Morgan fingerprint density at radius 2 is 2.04 bits per heavy atom. The van der Waals surface area contributed by atoms with E-state index in [2.05, 4.69) is 4.98 Å². The van der Waals surface area contributed by atoms with Crippen molar-refractivity contribution in [1.82, 2.24) is 14.1 Å². The zero-order chi connectivity index (χ0) is 16.6. The molecular weight excluding hydrogens is 316 g/mol. The molecule has 6 nitrogen and oxygen atoms in total. The third-order valence-corrected chi connectivity index (χ3v) is 4.05. The molecular formula is C16H11ClN4O2. The Hall–Kier alpha value is -2.91. The lowest BCUT2D eigenvalue weighted by Gasteiger charge is -2.05. The Bertz CT molecular complexity index is 1010. The maximum atomic E-state index is 12.6. The van der Waals surface area contributed by atoms with Crippen LogP contribution in [-0.4, -0.2) is 19.9 Å². The molecule has 0 amide bonds. The number of carbonyl (C=O) groups is 1. The monoisotopic (exact) mass is 326 g/mol. The second kappa shape index (κ2) is 5.71. The number of carbonyl (C=O) groups excluding carboxylic acids is 1. The standard InChI is InChI=1S/C16H11ClN4O2/c1-20-14-13(11(7-18)15(20)17)19-9-21(16(14)23)8-12(22)10-5-3-2-4-6-10/h2-6,9H,8H2,1H3. The molecule has 0 bridgehead atoms. The minimum atomic E-state index is -0.412. The van der Waals surface area contributed by atoms with E-state index >= 15 is 0 Å². The van der Waals surface area contributed by atoms with Crippen LogP contribution in [0.15, 0.2) is 41.5 Å². The molecule has 0 fully saturated rings. The first-order valence-corrected chi connectivity index (χ1v) is 7.14. The number of aromatic nitrogens is 3. The highest BCUT2D eigenvalue weighted by atomic mass is 35.5. The van der Waals surface area contributed by atoms with Gasteiger partial charge in [-0.2, -0.15) is 5.26 Å². The predicted molar refractivity (Wildman–Crippen MR) is 85.5 cm³/mol. The molecule has 0 aliphatic carbocycles. The van der Waals surface area contributed by atoms with Gasteiger partial charge in [0.25, 0.3) is 5.56 Å². The molecule has 3 aromatic rings. The molecule has 2 heterocycles. The van der Waals surface area contributed by atoms with Crippen molar-refractivity contribution in [2.45, 2.75) is 6.54 Å². The maximum absolute atomic E-state index is 12.6. The zero-order valence-electron chi connectivity index (χ0n) is 12.2. The maximum Gasteiger partial charge on any atom is 0.278 e. The van der Waals surface area contributed by atoms with E-state index in [4.69, 9.17) is 16.9 Å². The molecule has 0 aliphatic heterocycles. The quantitative estimate of drug-likeness (QED) is 0.691. The fraction of sp³-hybridized carbons (Fsp3) is 0.125. The topological polar surface area (TPSA) is 80.7 Å². The molecule has 3 rings (SSSR count). The SMILES string of the molecule is Cn1c(Cl)c(C#N)c2ncn(CC(=O)c3ccccc3)c(=O)c21.